The molecule has 0 aromatic heterocycles. The second-order valence-corrected chi connectivity index (χ2v) is 7.64. The SMILES string of the molecule is CCOC(=O)CCCCCCCCC(=O)O.CCOC(=O)CCCCCCCCC(=O)O.S. The molecule has 0 rings (SSSR count). The minimum Gasteiger partial charge on any atom is -0.481 e. The molecule has 33 heavy (non-hydrogen) atoms. The highest BCUT2D eigenvalue weighted by Crippen LogP contribution is 2.10. The van der Waals surface area contributed by atoms with Gasteiger partial charge in [0.05, 0.1) is 13.2 Å². The number of aliphatic carboxylic acids is 2. The lowest BCUT2D eigenvalue weighted by molar-refractivity contribution is -0.144. The van der Waals surface area contributed by atoms with Crippen molar-refractivity contribution < 1.29 is 38.9 Å². The van der Waals surface area contributed by atoms with Crippen LogP contribution in [0.3, 0.4) is 0 Å². The molecule has 0 aromatic carbocycles. The molecule has 0 unspecified atom stereocenters. The van der Waals surface area contributed by atoms with Gasteiger partial charge in [0.1, 0.15) is 0 Å². The van der Waals surface area contributed by atoms with Gasteiger partial charge in [-0.3, -0.25) is 19.2 Å². The number of carbonyl (C=O) groups is 4. The van der Waals surface area contributed by atoms with Crippen LogP contribution < -0.4 is 0 Å². The largest absolute Gasteiger partial charge is 0.481 e. The fourth-order valence-electron chi connectivity index (χ4n) is 2.97. The first kappa shape index (κ1) is 35.8. The zero-order chi connectivity index (χ0) is 24.5. The highest BCUT2D eigenvalue weighted by Gasteiger charge is 2.02. The Morgan fingerprint density at radius 3 is 0.970 bits per heavy atom. The molecule has 8 nitrogen and oxygen atoms in total. The zero-order valence-electron chi connectivity index (χ0n) is 20.6. The molecule has 0 fully saturated rings. The Labute approximate surface area is 206 Å². The molecule has 0 radical (unpaired) electrons. The van der Waals surface area contributed by atoms with Crippen molar-refractivity contribution in [2.24, 2.45) is 0 Å². The van der Waals surface area contributed by atoms with Gasteiger partial charge in [0.2, 0.25) is 0 Å². The van der Waals surface area contributed by atoms with Crippen molar-refractivity contribution in [2.45, 2.75) is 117 Å². The number of ether oxygens (including phenoxy) is 2. The molecule has 9 heteroatoms. The van der Waals surface area contributed by atoms with Gasteiger partial charge >= 0.3 is 23.9 Å². The summed E-state index contributed by atoms with van der Waals surface area (Å²) >= 11 is 0. The molecule has 0 spiro atoms. The maximum Gasteiger partial charge on any atom is 0.305 e. The molecule has 2 N–H and O–H groups in total. The molecular formula is C24H46O8S. The third-order valence-electron chi connectivity index (χ3n) is 4.65. The van der Waals surface area contributed by atoms with Gasteiger partial charge in [-0.1, -0.05) is 51.4 Å². The Morgan fingerprint density at radius 2 is 0.727 bits per heavy atom. The summed E-state index contributed by atoms with van der Waals surface area (Å²) < 4.78 is 9.62. The summed E-state index contributed by atoms with van der Waals surface area (Å²) in [5.74, 6) is -1.67. The Bertz CT molecular complexity index is 453. The van der Waals surface area contributed by atoms with E-state index in [-0.39, 0.29) is 38.3 Å². The molecular weight excluding hydrogens is 448 g/mol. The van der Waals surface area contributed by atoms with E-state index < -0.39 is 11.9 Å². The molecule has 0 aliphatic carbocycles. The van der Waals surface area contributed by atoms with Crippen molar-refractivity contribution in [3.63, 3.8) is 0 Å². The summed E-state index contributed by atoms with van der Waals surface area (Å²) in [5.41, 5.74) is 0. The van der Waals surface area contributed by atoms with Gasteiger partial charge in [0, 0.05) is 25.7 Å². The summed E-state index contributed by atoms with van der Waals surface area (Å²) in [6.07, 6.45) is 13.0. The van der Waals surface area contributed by atoms with Gasteiger partial charge in [0.15, 0.2) is 0 Å². The number of carbonyl (C=O) groups excluding carboxylic acids is 2. The maximum atomic E-state index is 11.0. The van der Waals surface area contributed by atoms with Crippen molar-refractivity contribution in [3.05, 3.63) is 0 Å². The van der Waals surface area contributed by atoms with Crippen molar-refractivity contribution in [3.8, 4) is 0 Å². The molecule has 0 saturated heterocycles. The van der Waals surface area contributed by atoms with Crippen LogP contribution in [0.25, 0.3) is 0 Å². The van der Waals surface area contributed by atoms with Crippen molar-refractivity contribution >= 4 is 37.4 Å². The fourth-order valence-corrected chi connectivity index (χ4v) is 2.97. The minimum atomic E-state index is -0.720. The first-order valence-corrected chi connectivity index (χ1v) is 12.1. The van der Waals surface area contributed by atoms with Crippen LogP contribution in [-0.2, 0) is 28.7 Å². The molecule has 0 bridgehead atoms. The average molecular weight is 495 g/mol. The number of esters is 2. The molecule has 0 aliphatic rings. The van der Waals surface area contributed by atoms with E-state index in [0.717, 1.165) is 77.0 Å². The van der Waals surface area contributed by atoms with Crippen LogP contribution in [0.2, 0.25) is 0 Å². The summed E-state index contributed by atoms with van der Waals surface area (Å²) in [5, 5.41) is 16.8. The Kier molecular flexibility index (Phi) is 30.7. The molecule has 0 aromatic rings. The lowest BCUT2D eigenvalue weighted by Crippen LogP contribution is -2.03. The van der Waals surface area contributed by atoms with Crippen LogP contribution in [0.5, 0.6) is 0 Å². The Morgan fingerprint density at radius 1 is 0.485 bits per heavy atom. The summed E-state index contributed by atoms with van der Waals surface area (Å²) in [4.78, 5) is 42.4. The van der Waals surface area contributed by atoms with E-state index in [1.807, 2.05) is 0 Å². The smallest absolute Gasteiger partial charge is 0.305 e. The van der Waals surface area contributed by atoms with E-state index in [9.17, 15) is 19.2 Å². The second kappa shape index (κ2) is 28.3. The van der Waals surface area contributed by atoms with E-state index >= 15 is 0 Å². The maximum absolute atomic E-state index is 11.0. The van der Waals surface area contributed by atoms with Crippen LogP contribution in [0, 0.1) is 0 Å². The predicted octanol–water partition coefficient (Wildman–Crippen LogP) is 5.62. The van der Waals surface area contributed by atoms with E-state index in [2.05, 4.69) is 0 Å². The normalized spacial score (nSPS) is 9.76. The lowest BCUT2D eigenvalue weighted by atomic mass is 10.1. The van der Waals surface area contributed by atoms with Crippen molar-refractivity contribution in [2.75, 3.05) is 13.2 Å². The highest BCUT2D eigenvalue weighted by molar-refractivity contribution is 7.59. The Hall–Kier alpha value is -1.77. The molecule has 0 heterocycles. The molecule has 0 aliphatic heterocycles. The fraction of sp³-hybridized carbons (Fsp3) is 0.833. The van der Waals surface area contributed by atoms with Gasteiger partial charge in [0.25, 0.3) is 0 Å². The van der Waals surface area contributed by atoms with Crippen molar-refractivity contribution in [1.82, 2.24) is 0 Å². The van der Waals surface area contributed by atoms with Crippen LogP contribution in [0.15, 0.2) is 0 Å². The van der Waals surface area contributed by atoms with Gasteiger partial charge in [-0.15, -0.1) is 0 Å². The standard InChI is InChI=1S/2C12H22O4.H2S/c2*1-2-16-12(15)10-8-6-4-3-5-7-9-11(13)14;/h2*2-10H2,1H3,(H,13,14);1H2. The molecule has 0 saturated carbocycles. The first-order chi connectivity index (χ1) is 15.3. The van der Waals surface area contributed by atoms with Gasteiger partial charge in [-0.05, 0) is 39.5 Å². The van der Waals surface area contributed by atoms with Crippen LogP contribution in [0.4, 0.5) is 0 Å². The number of carboxylic acids is 2. The number of rotatable bonds is 20. The lowest BCUT2D eigenvalue weighted by Gasteiger charge is -2.02. The number of hydrogen-bond donors (Lipinski definition) is 2. The monoisotopic (exact) mass is 494 g/mol. The summed E-state index contributed by atoms with van der Waals surface area (Å²) in [7, 11) is 0. The Balaban J connectivity index is -0.000000529. The minimum absolute atomic E-state index is 0. The van der Waals surface area contributed by atoms with Gasteiger partial charge in [-0.2, -0.15) is 13.5 Å². The van der Waals surface area contributed by atoms with Crippen LogP contribution in [-0.4, -0.2) is 47.3 Å². The number of hydrogen-bond acceptors (Lipinski definition) is 6. The van der Waals surface area contributed by atoms with E-state index in [0.29, 0.717) is 26.1 Å². The second-order valence-electron chi connectivity index (χ2n) is 7.64. The first-order valence-electron chi connectivity index (χ1n) is 12.1. The quantitative estimate of drug-likeness (QED) is 0.165. The third-order valence-corrected chi connectivity index (χ3v) is 4.65. The molecule has 196 valence electrons. The summed E-state index contributed by atoms with van der Waals surface area (Å²) in [6, 6.07) is 0. The van der Waals surface area contributed by atoms with E-state index in [1.165, 1.54) is 0 Å². The van der Waals surface area contributed by atoms with Gasteiger partial charge < -0.3 is 19.7 Å². The van der Waals surface area contributed by atoms with E-state index in [1.54, 1.807) is 13.8 Å². The van der Waals surface area contributed by atoms with Crippen LogP contribution >= 0.6 is 13.5 Å². The molecule has 0 atom stereocenters. The third kappa shape index (κ3) is 35.0. The predicted molar refractivity (Wildman–Crippen MR) is 133 cm³/mol. The van der Waals surface area contributed by atoms with E-state index in [4.69, 9.17) is 19.7 Å². The summed E-state index contributed by atoms with van der Waals surface area (Å²) in [6.45, 7) is 4.52. The average Bonchev–Trinajstić information content (AvgIpc) is 2.72. The number of carboxylic acid groups (broad SMARTS) is 2. The topological polar surface area (TPSA) is 127 Å². The zero-order valence-corrected chi connectivity index (χ0v) is 21.6. The number of unbranched alkanes of at least 4 members (excludes halogenated alkanes) is 10. The molecule has 0 amide bonds. The van der Waals surface area contributed by atoms with Crippen molar-refractivity contribution in [1.29, 1.82) is 0 Å². The van der Waals surface area contributed by atoms with Crippen LogP contribution in [0.1, 0.15) is 117 Å². The highest BCUT2D eigenvalue weighted by atomic mass is 32.1. The van der Waals surface area contributed by atoms with Gasteiger partial charge in [-0.25, -0.2) is 0 Å².